The Morgan fingerprint density at radius 3 is 2.78 bits per heavy atom. The number of amides is 1. The molecule has 0 radical (unpaired) electrons. The van der Waals surface area contributed by atoms with E-state index in [-0.39, 0.29) is 5.91 Å². The third-order valence-electron chi connectivity index (χ3n) is 4.87. The van der Waals surface area contributed by atoms with Crippen LogP contribution < -0.4 is 21.3 Å². The topological polar surface area (TPSA) is 103 Å². The number of benzene rings is 2. The van der Waals surface area contributed by atoms with Gasteiger partial charge in [0.2, 0.25) is 11.9 Å². The first-order chi connectivity index (χ1) is 15.7. The number of hydrogen-bond donors (Lipinski definition) is 4. The first-order valence-corrected chi connectivity index (χ1v) is 11.2. The summed E-state index contributed by atoms with van der Waals surface area (Å²) in [7, 11) is 0. The Labute approximate surface area is 195 Å². The molecule has 8 nitrogen and oxygen atoms in total. The van der Waals surface area contributed by atoms with Gasteiger partial charge >= 0.3 is 0 Å². The Kier molecular flexibility index (Phi) is 7.29. The van der Waals surface area contributed by atoms with Crippen LogP contribution in [0.15, 0.2) is 70.3 Å². The van der Waals surface area contributed by atoms with Crippen LogP contribution >= 0.6 is 15.9 Å². The zero-order chi connectivity index (χ0) is 22.2. The fraction of sp³-hybridized carbons (Fsp3) is 0.217. The maximum Gasteiger partial charge on any atom is 0.229 e. The van der Waals surface area contributed by atoms with Gasteiger partial charge in [-0.2, -0.15) is 4.98 Å². The highest BCUT2D eigenvalue weighted by atomic mass is 79.9. The van der Waals surface area contributed by atoms with E-state index in [0.717, 1.165) is 35.2 Å². The molecule has 0 fully saturated rings. The van der Waals surface area contributed by atoms with Gasteiger partial charge in [0.25, 0.3) is 0 Å². The number of rotatable bonds is 9. The highest BCUT2D eigenvalue weighted by Crippen LogP contribution is 2.23. The van der Waals surface area contributed by atoms with Crippen molar-refractivity contribution < 1.29 is 4.79 Å². The smallest absolute Gasteiger partial charge is 0.229 e. The molecule has 164 valence electrons. The van der Waals surface area contributed by atoms with Crippen molar-refractivity contribution in [1.82, 2.24) is 15.3 Å². The lowest BCUT2D eigenvalue weighted by molar-refractivity contribution is -0.115. The van der Waals surface area contributed by atoms with Crippen molar-refractivity contribution in [3.05, 3.63) is 70.8 Å². The van der Waals surface area contributed by atoms with Gasteiger partial charge in [0, 0.05) is 30.2 Å². The van der Waals surface area contributed by atoms with Crippen molar-refractivity contribution in [3.8, 4) is 0 Å². The summed E-state index contributed by atoms with van der Waals surface area (Å²) in [6.07, 6.45) is 4.72. The molecule has 0 saturated carbocycles. The summed E-state index contributed by atoms with van der Waals surface area (Å²) in [5.74, 6) is 1.11. The van der Waals surface area contributed by atoms with Crippen LogP contribution in [0.1, 0.15) is 12.0 Å². The number of nitrogens with one attached hydrogen (secondary N) is 4. The quantitative estimate of drug-likeness (QED) is 0.359. The molecule has 2 heterocycles. The molecule has 3 aromatic rings. The minimum atomic E-state index is -0.0677. The number of nitrogens with zero attached hydrogens (tertiary/aromatic N) is 3. The molecule has 4 rings (SSSR count). The first-order valence-electron chi connectivity index (χ1n) is 10.4. The average Bonchev–Trinajstić information content (AvgIpc) is 3.30. The second-order valence-corrected chi connectivity index (χ2v) is 8.23. The minimum Gasteiger partial charge on any atom is -0.372 e. The van der Waals surface area contributed by atoms with E-state index in [1.807, 2.05) is 54.6 Å². The molecular formula is C23H24BrN7O. The van der Waals surface area contributed by atoms with E-state index in [9.17, 15) is 4.79 Å². The Hall–Kier alpha value is -3.46. The summed E-state index contributed by atoms with van der Waals surface area (Å²) < 4.78 is 0.792. The van der Waals surface area contributed by atoms with Crippen molar-refractivity contribution in [2.24, 2.45) is 4.99 Å². The van der Waals surface area contributed by atoms with Gasteiger partial charge in [-0.05, 0) is 46.1 Å². The lowest BCUT2D eigenvalue weighted by Crippen LogP contribution is -2.27. The summed E-state index contributed by atoms with van der Waals surface area (Å²) in [5, 5.41) is 12.7. The highest BCUT2D eigenvalue weighted by molar-refractivity contribution is 9.10. The van der Waals surface area contributed by atoms with Gasteiger partial charge in [-0.25, -0.2) is 4.98 Å². The van der Waals surface area contributed by atoms with E-state index in [1.54, 1.807) is 12.5 Å². The van der Waals surface area contributed by atoms with Crippen LogP contribution in [0.3, 0.4) is 0 Å². The number of aromatic nitrogens is 2. The summed E-state index contributed by atoms with van der Waals surface area (Å²) in [4.78, 5) is 25.4. The van der Waals surface area contributed by atoms with Crippen molar-refractivity contribution >= 4 is 51.3 Å². The fourth-order valence-corrected chi connectivity index (χ4v) is 3.60. The lowest BCUT2D eigenvalue weighted by Gasteiger charge is -2.13. The Bertz CT molecular complexity index is 1080. The SMILES string of the molecule is O=C(Cc1ccccc1)Nc1cccc(Nc2ncc(Br)c(NCCC3CN=CN3)n2)c1. The van der Waals surface area contributed by atoms with Crippen molar-refractivity contribution in [2.75, 3.05) is 29.0 Å². The second kappa shape index (κ2) is 10.7. The molecule has 0 bridgehead atoms. The number of aliphatic imine (C=N–C) groups is 1. The lowest BCUT2D eigenvalue weighted by atomic mass is 10.1. The fourth-order valence-electron chi connectivity index (χ4n) is 3.27. The predicted molar refractivity (Wildman–Crippen MR) is 132 cm³/mol. The van der Waals surface area contributed by atoms with E-state index >= 15 is 0 Å². The summed E-state index contributed by atoms with van der Waals surface area (Å²) in [5.41, 5.74) is 2.46. The molecule has 1 aromatic heterocycles. The molecule has 1 amide bonds. The highest BCUT2D eigenvalue weighted by Gasteiger charge is 2.11. The first kappa shape index (κ1) is 21.8. The number of halogens is 1. The Balaban J connectivity index is 1.34. The minimum absolute atomic E-state index is 0.0677. The van der Waals surface area contributed by atoms with Crippen LogP contribution in [0.2, 0.25) is 0 Å². The summed E-state index contributed by atoms with van der Waals surface area (Å²) >= 11 is 3.49. The molecule has 1 aliphatic rings. The molecular weight excluding hydrogens is 470 g/mol. The van der Waals surface area contributed by atoms with Gasteiger partial charge in [-0.15, -0.1) is 0 Å². The van der Waals surface area contributed by atoms with Crippen LogP contribution in [-0.2, 0) is 11.2 Å². The number of carbonyl (C=O) groups excluding carboxylic acids is 1. The van der Waals surface area contributed by atoms with E-state index in [4.69, 9.17) is 0 Å². The van der Waals surface area contributed by atoms with Crippen LogP contribution in [-0.4, -0.2) is 41.3 Å². The van der Waals surface area contributed by atoms with Crippen molar-refractivity contribution in [3.63, 3.8) is 0 Å². The van der Waals surface area contributed by atoms with Gasteiger partial charge in [0.15, 0.2) is 0 Å². The molecule has 9 heteroatoms. The predicted octanol–water partition coefficient (Wildman–Crippen LogP) is 3.97. The maximum atomic E-state index is 12.3. The number of hydrogen-bond acceptors (Lipinski definition) is 7. The zero-order valence-electron chi connectivity index (χ0n) is 17.4. The molecule has 0 spiro atoms. The average molecular weight is 494 g/mol. The van der Waals surface area contributed by atoms with Gasteiger partial charge < -0.3 is 21.3 Å². The van der Waals surface area contributed by atoms with Crippen molar-refractivity contribution in [2.45, 2.75) is 18.9 Å². The zero-order valence-corrected chi connectivity index (χ0v) is 19.0. The number of anilines is 4. The Morgan fingerprint density at radius 1 is 1.12 bits per heavy atom. The van der Waals surface area contributed by atoms with Gasteiger partial charge in [0.1, 0.15) is 5.82 Å². The molecule has 0 aliphatic carbocycles. The van der Waals surface area contributed by atoms with E-state index in [0.29, 0.717) is 29.9 Å². The molecule has 1 unspecified atom stereocenters. The molecule has 1 atom stereocenters. The second-order valence-electron chi connectivity index (χ2n) is 7.38. The Morgan fingerprint density at radius 2 is 1.97 bits per heavy atom. The largest absolute Gasteiger partial charge is 0.372 e. The van der Waals surface area contributed by atoms with Crippen LogP contribution in [0.25, 0.3) is 0 Å². The molecule has 2 aromatic carbocycles. The van der Waals surface area contributed by atoms with Gasteiger partial charge in [0.05, 0.1) is 23.8 Å². The normalized spacial score (nSPS) is 14.6. The van der Waals surface area contributed by atoms with E-state index in [1.165, 1.54) is 0 Å². The molecule has 1 aliphatic heterocycles. The maximum absolute atomic E-state index is 12.3. The van der Waals surface area contributed by atoms with Gasteiger partial charge in [-0.3, -0.25) is 9.79 Å². The van der Waals surface area contributed by atoms with Crippen molar-refractivity contribution in [1.29, 1.82) is 0 Å². The van der Waals surface area contributed by atoms with Crippen LogP contribution in [0.5, 0.6) is 0 Å². The standard InChI is InChI=1S/C23H24BrN7O/c24-20-14-27-23(31-22(20)26-10-9-19-13-25-15-28-19)30-18-8-4-7-17(12-18)29-21(32)11-16-5-2-1-3-6-16/h1-8,12,14-15,19H,9-11,13H2,(H,25,28)(H,29,32)(H2,26,27,30,31). The summed E-state index contributed by atoms with van der Waals surface area (Å²) in [6.45, 7) is 1.57. The van der Waals surface area contributed by atoms with Crippen LogP contribution in [0.4, 0.5) is 23.1 Å². The third-order valence-corrected chi connectivity index (χ3v) is 5.45. The molecule has 32 heavy (non-hydrogen) atoms. The third kappa shape index (κ3) is 6.27. The summed E-state index contributed by atoms with van der Waals surface area (Å²) in [6, 6.07) is 17.5. The number of carbonyl (C=O) groups is 1. The molecule has 4 N–H and O–H groups in total. The molecule has 0 saturated heterocycles. The van der Waals surface area contributed by atoms with Gasteiger partial charge in [-0.1, -0.05) is 36.4 Å². The van der Waals surface area contributed by atoms with E-state index < -0.39 is 0 Å². The monoisotopic (exact) mass is 493 g/mol. The van der Waals surface area contributed by atoms with E-state index in [2.05, 4.69) is 52.2 Å². The van der Waals surface area contributed by atoms with Crippen LogP contribution in [0, 0.1) is 0 Å².